The second-order valence-corrected chi connectivity index (χ2v) is 6.74. The minimum absolute atomic E-state index is 0.182. The highest BCUT2D eigenvalue weighted by molar-refractivity contribution is 5.78. The Hall–Kier alpha value is -2.34. The third-order valence-electron chi connectivity index (χ3n) is 4.57. The molecule has 1 aliphatic rings. The highest BCUT2D eigenvalue weighted by Crippen LogP contribution is 2.25. The minimum Gasteiger partial charge on any atom is -0.341 e. The molecule has 0 bridgehead atoms. The molecule has 1 fully saturated rings. The van der Waals surface area contributed by atoms with E-state index >= 15 is 0 Å². The van der Waals surface area contributed by atoms with Crippen LogP contribution in [0.1, 0.15) is 35.8 Å². The third kappa shape index (κ3) is 4.82. The average Bonchev–Trinajstić information content (AvgIpc) is 2.62. The highest BCUT2D eigenvalue weighted by Gasteiger charge is 2.26. The lowest BCUT2D eigenvalue weighted by Gasteiger charge is -2.33. The molecule has 0 unspecified atom stereocenters. The first-order valence-corrected chi connectivity index (χ1v) is 8.76. The molecule has 1 saturated heterocycles. The lowest BCUT2D eigenvalue weighted by atomic mass is 9.94. The Morgan fingerprint density at radius 2 is 2.24 bits per heavy atom. The normalized spacial score (nSPS) is 17.7. The van der Waals surface area contributed by atoms with Gasteiger partial charge in [0, 0.05) is 49.8 Å². The van der Waals surface area contributed by atoms with Gasteiger partial charge in [-0.1, -0.05) is 6.07 Å². The molecule has 3 heterocycles. The van der Waals surface area contributed by atoms with E-state index in [0.717, 1.165) is 49.6 Å². The Balaban J connectivity index is 1.56. The van der Waals surface area contributed by atoms with E-state index in [4.69, 9.17) is 0 Å². The number of amides is 1. The molecular formula is C19H25N5O. The molecule has 2 aromatic heterocycles. The zero-order valence-electron chi connectivity index (χ0n) is 14.9. The summed E-state index contributed by atoms with van der Waals surface area (Å²) in [5, 5.41) is 0. The van der Waals surface area contributed by atoms with Crippen LogP contribution in [0, 0.1) is 6.92 Å². The van der Waals surface area contributed by atoms with Crippen LogP contribution < -0.4 is 0 Å². The largest absolute Gasteiger partial charge is 0.341 e. The second-order valence-electron chi connectivity index (χ2n) is 6.74. The standard InChI is InChI=1S/C19H25N5O/c1-15-21-9-7-18(22-15)17-6-4-10-24(13-17)19(25)14-23(2)12-16-5-3-8-20-11-16/h3,5,7-9,11,17H,4,6,10,12-14H2,1-2H3/t17-/m0/s1. The van der Waals surface area contributed by atoms with Crippen LogP contribution in [0.2, 0.25) is 0 Å². The number of aryl methyl sites for hydroxylation is 1. The zero-order valence-corrected chi connectivity index (χ0v) is 14.9. The van der Waals surface area contributed by atoms with Crippen LogP contribution >= 0.6 is 0 Å². The summed E-state index contributed by atoms with van der Waals surface area (Å²) in [6.07, 6.45) is 7.50. The van der Waals surface area contributed by atoms with Crippen molar-refractivity contribution >= 4 is 5.91 Å². The Labute approximate surface area is 148 Å². The van der Waals surface area contributed by atoms with Crippen LogP contribution in [-0.2, 0) is 11.3 Å². The lowest BCUT2D eigenvalue weighted by Crippen LogP contribution is -2.43. The van der Waals surface area contributed by atoms with Gasteiger partial charge in [-0.3, -0.25) is 14.7 Å². The summed E-state index contributed by atoms with van der Waals surface area (Å²) < 4.78 is 0. The number of nitrogens with zero attached hydrogens (tertiary/aromatic N) is 5. The van der Waals surface area contributed by atoms with Crippen LogP contribution in [0.15, 0.2) is 36.8 Å². The van der Waals surface area contributed by atoms with Gasteiger partial charge in [0.25, 0.3) is 0 Å². The van der Waals surface area contributed by atoms with E-state index in [1.807, 2.05) is 48.2 Å². The SMILES string of the molecule is Cc1nccc([C@H]2CCCN(C(=O)CN(C)Cc3cccnc3)C2)n1. The minimum atomic E-state index is 0.182. The van der Waals surface area contributed by atoms with E-state index in [-0.39, 0.29) is 5.91 Å². The summed E-state index contributed by atoms with van der Waals surface area (Å²) in [7, 11) is 1.97. The van der Waals surface area contributed by atoms with Gasteiger partial charge in [-0.2, -0.15) is 0 Å². The molecule has 2 aromatic rings. The van der Waals surface area contributed by atoms with Gasteiger partial charge >= 0.3 is 0 Å². The molecule has 6 nitrogen and oxygen atoms in total. The van der Waals surface area contributed by atoms with E-state index < -0.39 is 0 Å². The molecule has 0 aromatic carbocycles. The summed E-state index contributed by atoms with van der Waals surface area (Å²) in [4.78, 5) is 29.5. The monoisotopic (exact) mass is 339 g/mol. The summed E-state index contributed by atoms with van der Waals surface area (Å²) >= 11 is 0. The smallest absolute Gasteiger partial charge is 0.236 e. The first-order chi connectivity index (χ1) is 12.1. The third-order valence-corrected chi connectivity index (χ3v) is 4.57. The van der Waals surface area contributed by atoms with E-state index in [0.29, 0.717) is 12.5 Å². The van der Waals surface area contributed by atoms with Gasteiger partial charge in [-0.25, -0.2) is 9.97 Å². The molecule has 1 aliphatic heterocycles. The van der Waals surface area contributed by atoms with Crippen LogP contribution in [0.3, 0.4) is 0 Å². The van der Waals surface area contributed by atoms with E-state index in [1.54, 1.807) is 12.4 Å². The summed E-state index contributed by atoms with van der Waals surface area (Å²) in [5.74, 6) is 1.28. The van der Waals surface area contributed by atoms with Gasteiger partial charge in [-0.05, 0) is 44.5 Å². The Bertz CT molecular complexity index is 706. The number of carbonyl (C=O) groups is 1. The molecule has 6 heteroatoms. The van der Waals surface area contributed by atoms with Crippen molar-refractivity contribution in [1.82, 2.24) is 24.8 Å². The maximum atomic E-state index is 12.7. The number of hydrogen-bond acceptors (Lipinski definition) is 5. The number of likely N-dealkylation sites (N-methyl/N-ethyl adjacent to an activating group) is 1. The topological polar surface area (TPSA) is 62.2 Å². The second kappa shape index (κ2) is 8.16. The van der Waals surface area contributed by atoms with Crippen molar-refractivity contribution < 1.29 is 4.79 Å². The maximum absolute atomic E-state index is 12.7. The van der Waals surface area contributed by atoms with E-state index in [9.17, 15) is 4.79 Å². The predicted octanol–water partition coefficient (Wildman–Crippen LogP) is 2.02. The number of pyridine rings is 1. The predicted molar refractivity (Wildman–Crippen MR) is 95.9 cm³/mol. The van der Waals surface area contributed by atoms with Crippen LogP contribution in [-0.4, -0.2) is 57.3 Å². The van der Waals surface area contributed by atoms with Crippen molar-refractivity contribution in [3.8, 4) is 0 Å². The van der Waals surface area contributed by atoms with Gasteiger partial charge in [0.2, 0.25) is 5.91 Å². The summed E-state index contributed by atoms with van der Waals surface area (Å²) in [5.41, 5.74) is 2.17. The van der Waals surface area contributed by atoms with Crippen molar-refractivity contribution in [2.75, 3.05) is 26.7 Å². The summed E-state index contributed by atoms with van der Waals surface area (Å²) in [6.45, 7) is 4.63. The van der Waals surface area contributed by atoms with Gasteiger partial charge in [0.1, 0.15) is 5.82 Å². The molecule has 132 valence electrons. The zero-order chi connectivity index (χ0) is 17.6. The Morgan fingerprint density at radius 3 is 3.00 bits per heavy atom. The van der Waals surface area contributed by atoms with Gasteiger partial charge in [0.05, 0.1) is 6.54 Å². The van der Waals surface area contributed by atoms with Gasteiger partial charge in [-0.15, -0.1) is 0 Å². The fourth-order valence-corrected chi connectivity index (χ4v) is 3.34. The van der Waals surface area contributed by atoms with E-state index in [2.05, 4.69) is 15.0 Å². The number of carbonyl (C=O) groups excluding carboxylic acids is 1. The van der Waals surface area contributed by atoms with Crippen molar-refractivity contribution in [3.05, 3.63) is 53.9 Å². The average molecular weight is 339 g/mol. The number of likely N-dealkylation sites (tertiary alicyclic amines) is 1. The molecule has 3 rings (SSSR count). The molecular weight excluding hydrogens is 314 g/mol. The molecule has 0 N–H and O–H groups in total. The first-order valence-electron chi connectivity index (χ1n) is 8.76. The van der Waals surface area contributed by atoms with Crippen LogP contribution in [0.4, 0.5) is 0 Å². The fourth-order valence-electron chi connectivity index (χ4n) is 3.34. The van der Waals surface area contributed by atoms with Crippen LogP contribution in [0.25, 0.3) is 0 Å². The molecule has 0 saturated carbocycles. The quantitative estimate of drug-likeness (QED) is 0.834. The van der Waals surface area contributed by atoms with Crippen molar-refractivity contribution in [1.29, 1.82) is 0 Å². The van der Waals surface area contributed by atoms with Gasteiger partial charge in [0.15, 0.2) is 0 Å². The van der Waals surface area contributed by atoms with Gasteiger partial charge < -0.3 is 4.90 Å². The lowest BCUT2D eigenvalue weighted by molar-refractivity contribution is -0.133. The summed E-state index contributed by atoms with van der Waals surface area (Å²) in [6, 6.07) is 5.92. The van der Waals surface area contributed by atoms with E-state index in [1.165, 1.54) is 0 Å². The highest BCUT2D eigenvalue weighted by atomic mass is 16.2. The Kier molecular flexibility index (Phi) is 5.71. The molecule has 0 radical (unpaired) electrons. The fraction of sp³-hybridized carbons (Fsp3) is 0.474. The molecule has 0 spiro atoms. The first kappa shape index (κ1) is 17.5. The number of hydrogen-bond donors (Lipinski definition) is 0. The number of aromatic nitrogens is 3. The van der Waals surface area contributed by atoms with Crippen molar-refractivity contribution in [2.24, 2.45) is 0 Å². The molecule has 25 heavy (non-hydrogen) atoms. The van der Waals surface area contributed by atoms with Crippen molar-refractivity contribution in [2.45, 2.75) is 32.2 Å². The van der Waals surface area contributed by atoms with Crippen molar-refractivity contribution in [3.63, 3.8) is 0 Å². The number of piperidine rings is 1. The number of rotatable bonds is 5. The Morgan fingerprint density at radius 1 is 1.36 bits per heavy atom. The molecule has 1 atom stereocenters. The molecule has 1 amide bonds. The molecule has 0 aliphatic carbocycles. The van der Waals surface area contributed by atoms with Crippen LogP contribution in [0.5, 0.6) is 0 Å². The maximum Gasteiger partial charge on any atom is 0.236 e.